The summed E-state index contributed by atoms with van der Waals surface area (Å²) in [6.07, 6.45) is 1.33. The van der Waals surface area contributed by atoms with E-state index in [4.69, 9.17) is 18.6 Å². The number of nitrogens with one attached hydrogen (secondary N) is 1. The number of ketones is 1. The summed E-state index contributed by atoms with van der Waals surface area (Å²) in [6.45, 7) is 1.96. The van der Waals surface area contributed by atoms with Crippen molar-refractivity contribution in [3.05, 3.63) is 69.8 Å². The molecule has 31 heavy (non-hydrogen) atoms. The highest BCUT2D eigenvalue weighted by Crippen LogP contribution is 2.40. The molecule has 0 fully saturated rings. The Balaban J connectivity index is 1.97. The minimum atomic E-state index is -0.566. The van der Waals surface area contributed by atoms with Crippen molar-refractivity contribution < 1.29 is 23.4 Å². The van der Waals surface area contributed by atoms with Crippen molar-refractivity contribution in [2.75, 3.05) is 21.3 Å². The van der Waals surface area contributed by atoms with Crippen molar-refractivity contribution in [3.8, 4) is 28.6 Å². The van der Waals surface area contributed by atoms with E-state index in [1.807, 2.05) is 31.2 Å². The average molecular weight is 420 g/mol. The van der Waals surface area contributed by atoms with Gasteiger partial charge in [-0.1, -0.05) is 29.8 Å². The Morgan fingerprint density at radius 2 is 1.65 bits per heavy atom. The molecule has 8 nitrogen and oxygen atoms in total. The Bertz CT molecular complexity index is 1310. The van der Waals surface area contributed by atoms with E-state index in [-0.39, 0.29) is 17.1 Å². The number of carbonyl (C=O) groups excluding carboxylic acids is 1. The van der Waals surface area contributed by atoms with Crippen LogP contribution in [0.4, 0.5) is 0 Å². The third-order valence-corrected chi connectivity index (χ3v) is 4.94. The van der Waals surface area contributed by atoms with Gasteiger partial charge in [0.25, 0.3) is 0 Å². The molecule has 0 aliphatic heterocycles. The number of aryl methyl sites for hydroxylation is 1. The van der Waals surface area contributed by atoms with Gasteiger partial charge >= 0.3 is 5.69 Å². The monoisotopic (exact) mass is 420 g/mol. The number of carbonyl (C=O) groups is 1. The van der Waals surface area contributed by atoms with Crippen molar-refractivity contribution >= 4 is 16.9 Å². The van der Waals surface area contributed by atoms with E-state index >= 15 is 0 Å². The number of methoxy groups -OCH3 is 3. The van der Waals surface area contributed by atoms with Gasteiger partial charge in [0.1, 0.15) is 5.76 Å². The molecule has 4 aromatic rings. The second kappa shape index (κ2) is 7.98. The summed E-state index contributed by atoms with van der Waals surface area (Å²) in [5.41, 5.74) is 1.94. The first-order valence-corrected chi connectivity index (χ1v) is 9.40. The van der Waals surface area contributed by atoms with Gasteiger partial charge in [-0.05, 0) is 19.1 Å². The molecule has 0 amide bonds. The molecule has 0 aliphatic carbocycles. The molecule has 0 atom stereocenters. The van der Waals surface area contributed by atoms with Crippen LogP contribution >= 0.6 is 0 Å². The lowest BCUT2D eigenvalue weighted by Gasteiger charge is -2.13. The quantitative estimate of drug-likeness (QED) is 0.474. The average Bonchev–Trinajstić information content (AvgIpc) is 3.16. The fourth-order valence-corrected chi connectivity index (χ4v) is 3.40. The van der Waals surface area contributed by atoms with Crippen LogP contribution < -0.4 is 19.9 Å². The molecule has 2 heterocycles. The number of hydrogen-bond donors (Lipinski definition) is 1. The highest BCUT2D eigenvalue weighted by molar-refractivity contribution is 6.19. The minimum absolute atomic E-state index is 0.173. The number of furan rings is 1. The fraction of sp³-hybridized carbons (Fsp3) is 0.174. The van der Waals surface area contributed by atoms with E-state index in [1.165, 1.54) is 27.5 Å². The highest BCUT2D eigenvalue weighted by Gasteiger charge is 2.26. The van der Waals surface area contributed by atoms with E-state index in [1.54, 1.807) is 12.1 Å². The van der Waals surface area contributed by atoms with Crippen LogP contribution in [0.5, 0.6) is 17.2 Å². The molecular formula is C23H20N2O6. The van der Waals surface area contributed by atoms with Crippen molar-refractivity contribution in [2.45, 2.75) is 6.92 Å². The zero-order valence-corrected chi connectivity index (χ0v) is 17.4. The molecule has 0 bridgehead atoms. The standard InChI is InChI=1S/C23H20N2O6/c1-12-5-7-13(8-6-12)20-18(15-11-24-23(27)25-22(15)31-20)19(26)14-9-16(28-2)21(30-4)17(10-14)29-3/h5-11H,1-4H3,(H,24,25,27). The second-order valence-corrected chi connectivity index (χ2v) is 6.85. The van der Waals surface area contributed by atoms with Crippen LogP contribution in [0.25, 0.3) is 22.4 Å². The first-order valence-electron chi connectivity index (χ1n) is 9.40. The summed E-state index contributed by atoms with van der Waals surface area (Å²) in [4.78, 5) is 31.7. The van der Waals surface area contributed by atoms with Gasteiger partial charge in [0.15, 0.2) is 17.3 Å². The summed E-state index contributed by atoms with van der Waals surface area (Å²) < 4.78 is 22.0. The normalized spacial score (nSPS) is 10.8. The first kappa shape index (κ1) is 20.2. The van der Waals surface area contributed by atoms with Gasteiger partial charge in [-0.25, -0.2) is 9.78 Å². The molecule has 4 rings (SSSR count). The van der Waals surface area contributed by atoms with E-state index in [2.05, 4.69) is 9.97 Å². The Labute approximate surface area is 177 Å². The predicted octanol–water partition coefficient (Wildman–Crippen LogP) is 3.75. The first-order chi connectivity index (χ1) is 15.0. The molecule has 0 radical (unpaired) electrons. The maximum atomic E-state index is 13.7. The number of nitrogens with zero attached hydrogens (tertiary/aromatic N) is 1. The Kier molecular flexibility index (Phi) is 5.21. The zero-order chi connectivity index (χ0) is 22.1. The van der Waals surface area contributed by atoms with E-state index in [0.717, 1.165) is 5.56 Å². The number of aromatic nitrogens is 2. The van der Waals surface area contributed by atoms with Crippen LogP contribution in [-0.2, 0) is 0 Å². The largest absolute Gasteiger partial charge is 0.493 e. The van der Waals surface area contributed by atoms with Crippen LogP contribution in [0.3, 0.4) is 0 Å². The van der Waals surface area contributed by atoms with Crippen molar-refractivity contribution in [1.29, 1.82) is 0 Å². The number of rotatable bonds is 6. The van der Waals surface area contributed by atoms with Gasteiger partial charge in [0.05, 0.1) is 32.3 Å². The second-order valence-electron chi connectivity index (χ2n) is 6.85. The molecule has 0 aliphatic rings. The molecule has 2 aromatic carbocycles. The van der Waals surface area contributed by atoms with Gasteiger partial charge in [0, 0.05) is 17.3 Å². The molecule has 1 N–H and O–H groups in total. The summed E-state index contributed by atoms with van der Waals surface area (Å²) in [5.74, 6) is 1.06. The lowest BCUT2D eigenvalue weighted by molar-refractivity contribution is 0.103. The number of hydrogen-bond acceptors (Lipinski definition) is 7. The van der Waals surface area contributed by atoms with Crippen LogP contribution in [-0.4, -0.2) is 37.1 Å². The number of aromatic amines is 1. The summed E-state index contributed by atoms with van der Waals surface area (Å²) in [7, 11) is 4.44. The van der Waals surface area contributed by atoms with E-state index in [9.17, 15) is 9.59 Å². The predicted molar refractivity (Wildman–Crippen MR) is 114 cm³/mol. The lowest BCUT2D eigenvalue weighted by Crippen LogP contribution is -2.09. The van der Waals surface area contributed by atoms with Crippen LogP contribution in [0.15, 0.2) is 51.8 Å². The van der Waals surface area contributed by atoms with Crippen LogP contribution in [0.2, 0.25) is 0 Å². The number of benzene rings is 2. The Morgan fingerprint density at radius 1 is 1.00 bits per heavy atom. The molecular weight excluding hydrogens is 400 g/mol. The summed E-state index contributed by atoms with van der Waals surface area (Å²) in [5, 5.41) is 0.397. The van der Waals surface area contributed by atoms with Gasteiger partial charge in [0.2, 0.25) is 11.5 Å². The number of fused-ring (bicyclic) bond motifs is 1. The molecule has 0 spiro atoms. The SMILES string of the molecule is COc1cc(C(=O)c2c(-c3ccc(C)cc3)oc3[nH]c(=O)ncc23)cc(OC)c1OC. The zero-order valence-electron chi connectivity index (χ0n) is 17.4. The molecule has 158 valence electrons. The minimum Gasteiger partial charge on any atom is -0.493 e. The molecule has 0 saturated heterocycles. The van der Waals surface area contributed by atoms with Crippen molar-refractivity contribution in [2.24, 2.45) is 0 Å². The fourth-order valence-electron chi connectivity index (χ4n) is 3.40. The van der Waals surface area contributed by atoms with Crippen molar-refractivity contribution in [3.63, 3.8) is 0 Å². The molecule has 0 saturated carbocycles. The van der Waals surface area contributed by atoms with Gasteiger partial charge in [-0.2, -0.15) is 0 Å². The highest BCUT2D eigenvalue weighted by atomic mass is 16.5. The summed E-state index contributed by atoms with van der Waals surface area (Å²) >= 11 is 0. The smallest absolute Gasteiger partial charge is 0.347 e. The molecule has 8 heteroatoms. The number of H-pyrrole nitrogens is 1. The maximum Gasteiger partial charge on any atom is 0.347 e. The third kappa shape index (κ3) is 3.52. The Morgan fingerprint density at radius 3 is 2.23 bits per heavy atom. The van der Waals surface area contributed by atoms with Gasteiger partial charge < -0.3 is 18.6 Å². The van der Waals surface area contributed by atoms with E-state index in [0.29, 0.717) is 39.5 Å². The summed E-state index contributed by atoms with van der Waals surface area (Å²) in [6, 6.07) is 10.7. The van der Waals surface area contributed by atoms with Gasteiger partial charge in [-0.3, -0.25) is 9.78 Å². The van der Waals surface area contributed by atoms with Gasteiger partial charge in [-0.15, -0.1) is 0 Å². The third-order valence-electron chi connectivity index (χ3n) is 4.94. The number of ether oxygens (including phenoxy) is 3. The maximum absolute atomic E-state index is 13.7. The lowest BCUT2D eigenvalue weighted by atomic mass is 9.97. The molecule has 0 unspecified atom stereocenters. The topological polar surface area (TPSA) is 104 Å². The van der Waals surface area contributed by atoms with E-state index < -0.39 is 5.69 Å². The Hall–Kier alpha value is -4.07. The van der Waals surface area contributed by atoms with Crippen LogP contribution in [0.1, 0.15) is 21.5 Å². The van der Waals surface area contributed by atoms with Crippen molar-refractivity contribution in [1.82, 2.24) is 9.97 Å². The molecule has 2 aromatic heterocycles. The van der Waals surface area contributed by atoms with Crippen LogP contribution in [0, 0.1) is 6.92 Å².